The molecule has 2 unspecified atom stereocenters. The van der Waals surface area contributed by atoms with Crippen molar-refractivity contribution in [2.24, 2.45) is 0 Å². The van der Waals surface area contributed by atoms with Crippen LogP contribution in [0.25, 0.3) is 27.7 Å². The highest BCUT2D eigenvalue weighted by molar-refractivity contribution is 5.97. The number of hydrogen-bond donors (Lipinski definition) is 1. The number of likely N-dealkylation sites (N-methyl/N-ethyl adjacent to an activating group) is 1. The number of ether oxygens (including phenoxy) is 2. The van der Waals surface area contributed by atoms with Crippen molar-refractivity contribution in [3.63, 3.8) is 0 Å². The average Bonchev–Trinajstić information content (AvgIpc) is 3.60. The molecular weight excluding hydrogens is 524 g/mol. The number of rotatable bonds is 7. The van der Waals surface area contributed by atoms with Crippen LogP contribution in [0, 0.1) is 11.3 Å². The van der Waals surface area contributed by atoms with Gasteiger partial charge in [0.15, 0.2) is 11.5 Å². The summed E-state index contributed by atoms with van der Waals surface area (Å²) in [6, 6.07) is 14.2. The molecule has 4 heterocycles. The van der Waals surface area contributed by atoms with Crippen molar-refractivity contribution in [3.8, 4) is 29.1 Å². The van der Waals surface area contributed by atoms with E-state index in [1.165, 1.54) is 4.90 Å². The lowest BCUT2D eigenvalue weighted by molar-refractivity contribution is 0.119. The molecule has 12 heteroatoms. The number of benzene rings is 2. The van der Waals surface area contributed by atoms with E-state index < -0.39 is 12.1 Å². The van der Waals surface area contributed by atoms with E-state index in [1.807, 2.05) is 35.2 Å². The molecule has 1 amide bonds. The summed E-state index contributed by atoms with van der Waals surface area (Å²) in [4.78, 5) is 27.0. The molecule has 4 aromatic rings. The number of carboxylic acid groups (broad SMARTS) is 1. The normalized spacial score (nSPS) is 19.5. The number of likely N-dealkylation sites (tertiary alicyclic amines) is 1. The van der Waals surface area contributed by atoms with Gasteiger partial charge in [-0.2, -0.15) is 10.2 Å². The summed E-state index contributed by atoms with van der Waals surface area (Å²) >= 11 is 0. The third-order valence-electron chi connectivity index (χ3n) is 8.10. The summed E-state index contributed by atoms with van der Waals surface area (Å²) in [5, 5.41) is 25.9. The van der Waals surface area contributed by atoms with Crippen molar-refractivity contribution in [1.82, 2.24) is 29.4 Å². The third kappa shape index (κ3) is 5.04. The van der Waals surface area contributed by atoms with E-state index in [4.69, 9.17) is 24.5 Å². The minimum absolute atomic E-state index is 0.0804. The Hall–Kier alpha value is -4.63. The number of nitrogens with zero attached hydrogens (tertiary/aromatic N) is 8. The summed E-state index contributed by atoms with van der Waals surface area (Å²) in [7, 11) is 3.73. The molecule has 0 aliphatic carbocycles. The standard InChI is InChI=1S/C29H32N8O4/c1-34-11-5-7-21(34)18-41-28-32-27(35-12-13-36(29(38)39)20(17-35)9-10-30)26-31-16-25(37(26)33-28)24-15-22(40-2)14-19-6-3-4-8-23(19)24/h3-4,6,8,14-16,20-21H,5,7,9,11-13,17-18H2,1-2H3,(H,38,39). The number of imidazole rings is 1. The van der Waals surface area contributed by atoms with Crippen LogP contribution >= 0.6 is 0 Å². The van der Waals surface area contributed by atoms with Gasteiger partial charge in [0, 0.05) is 31.2 Å². The first-order valence-corrected chi connectivity index (χ1v) is 13.7. The van der Waals surface area contributed by atoms with Crippen molar-refractivity contribution in [1.29, 1.82) is 5.26 Å². The summed E-state index contributed by atoms with van der Waals surface area (Å²) < 4.78 is 13.6. The zero-order valence-corrected chi connectivity index (χ0v) is 23.1. The fraction of sp³-hybridized carbons (Fsp3) is 0.414. The number of piperazine rings is 1. The van der Waals surface area contributed by atoms with Crippen molar-refractivity contribution in [2.45, 2.75) is 31.3 Å². The molecule has 212 valence electrons. The molecule has 2 fully saturated rings. The number of fused-ring (bicyclic) bond motifs is 2. The Balaban J connectivity index is 1.46. The number of carbonyl (C=O) groups is 1. The van der Waals surface area contributed by atoms with Gasteiger partial charge in [0.05, 0.1) is 37.5 Å². The first-order valence-electron chi connectivity index (χ1n) is 13.7. The van der Waals surface area contributed by atoms with E-state index in [1.54, 1.807) is 17.8 Å². The molecule has 2 atom stereocenters. The molecule has 0 bridgehead atoms. The molecule has 0 radical (unpaired) electrons. The van der Waals surface area contributed by atoms with Gasteiger partial charge in [-0.05, 0) is 49.3 Å². The van der Waals surface area contributed by atoms with Gasteiger partial charge in [-0.3, -0.25) is 0 Å². The van der Waals surface area contributed by atoms with Gasteiger partial charge >= 0.3 is 12.1 Å². The maximum Gasteiger partial charge on any atom is 0.407 e. The Morgan fingerprint density at radius 2 is 2.05 bits per heavy atom. The SMILES string of the molecule is COc1cc(-c2cnc3c(N4CCN(C(=O)O)C(CC#N)C4)nc(OCC4CCCN4C)nn23)c2ccccc2c1. The number of hydrogen-bond acceptors (Lipinski definition) is 9. The van der Waals surface area contributed by atoms with Gasteiger partial charge in [0.1, 0.15) is 12.4 Å². The summed E-state index contributed by atoms with van der Waals surface area (Å²) in [5.74, 6) is 1.26. The molecule has 0 saturated carbocycles. The molecule has 2 aliphatic heterocycles. The third-order valence-corrected chi connectivity index (χ3v) is 8.10. The number of amides is 1. The molecule has 6 rings (SSSR count). The first-order chi connectivity index (χ1) is 20.0. The molecule has 12 nitrogen and oxygen atoms in total. The number of anilines is 1. The highest BCUT2D eigenvalue weighted by Crippen LogP contribution is 2.35. The van der Waals surface area contributed by atoms with Crippen LogP contribution < -0.4 is 14.4 Å². The minimum atomic E-state index is -1.03. The Morgan fingerprint density at radius 3 is 2.80 bits per heavy atom. The van der Waals surface area contributed by atoms with Gasteiger partial charge in [-0.15, -0.1) is 5.10 Å². The molecule has 2 aromatic heterocycles. The Labute approximate surface area is 237 Å². The van der Waals surface area contributed by atoms with Crippen LogP contribution in [-0.4, -0.2) is 99.6 Å². The monoisotopic (exact) mass is 556 g/mol. The average molecular weight is 557 g/mol. The van der Waals surface area contributed by atoms with E-state index in [9.17, 15) is 15.2 Å². The topological polar surface area (TPSA) is 132 Å². The maximum atomic E-state index is 11.8. The molecule has 1 N–H and O–H groups in total. The fourth-order valence-electron chi connectivity index (χ4n) is 5.86. The molecule has 41 heavy (non-hydrogen) atoms. The predicted octanol–water partition coefficient (Wildman–Crippen LogP) is 3.51. The quantitative estimate of drug-likeness (QED) is 0.361. The van der Waals surface area contributed by atoms with Crippen LogP contribution in [0.2, 0.25) is 0 Å². The van der Waals surface area contributed by atoms with Gasteiger partial charge in [0.25, 0.3) is 0 Å². The molecular formula is C29H32N8O4. The van der Waals surface area contributed by atoms with Crippen molar-refractivity contribution < 1.29 is 19.4 Å². The van der Waals surface area contributed by atoms with Crippen molar-refractivity contribution >= 4 is 28.3 Å². The largest absolute Gasteiger partial charge is 0.497 e. The lowest BCUT2D eigenvalue weighted by Gasteiger charge is -2.39. The minimum Gasteiger partial charge on any atom is -0.497 e. The van der Waals surface area contributed by atoms with E-state index in [0.717, 1.165) is 41.4 Å². The highest BCUT2D eigenvalue weighted by Gasteiger charge is 2.33. The Kier molecular flexibility index (Phi) is 7.19. The molecule has 2 aliphatic rings. The first kappa shape index (κ1) is 26.6. The smallest absolute Gasteiger partial charge is 0.407 e. The lowest BCUT2D eigenvalue weighted by Crippen LogP contribution is -2.55. The summed E-state index contributed by atoms with van der Waals surface area (Å²) in [6.07, 6.45) is 2.99. The van der Waals surface area contributed by atoms with Gasteiger partial charge in [-0.1, -0.05) is 24.3 Å². The number of aromatic nitrogens is 4. The van der Waals surface area contributed by atoms with Gasteiger partial charge in [0.2, 0.25) is 0 Å². The maximum absolute atomic E-state index is 11.8. The number of nitriles is 1. The van der Waals surface area contributed by atoms with Crippen LogP contribution in [0.3, 0.4) is 0 Å². The van der Waals surface area contributed by atoms with E-state index >= 15 is 0 Å². The van der Waals surface area contributed by atoms with Crippen LogP contribution in [0.1, 0.15) is 19.3 Å². The van der Waals surface area contributed by atoms with E-state index in [-0.39, 0.29) is 25.0 Å². The van der Waals surface area contributed by atoms with Crippen LogP contribution in [0.4, 0.5) is 10.6 Å². The number of methoxy groups -OCH3 is 1. The van der Waals surface area contributed by atoms with Crippen LogP contribution in [0.5, 0.6) is 11.8 Å². The highest BCUT2D eigenvalue weighted by atomic mass is 16.5. The Bertz CT molecular complexity index is 1630. The van der Waals surface area contributed by atoms with Crippen LogP contribution in [0.15, 0.2) is 42.6 Å². The van der Waals surface area contributed by atoms with E-state index in [2.05, 4.69) is 24.1 Å². The fourth-order valence-corrected chi connectivity index (χ4v) is 5.86. The van der Waals surface area contributed by atoms with Gasteiger partial charge in [-0.25, -0.2) is 14.3 Å². The zero-order chi connectivity index (χ0) is 28.5. The zero-order valence-electron chi connectivity index (χ0n) is 23.1. The Morgan fingerprint density at radius 1 is 1.20 bits per heavy atom. The predicted molar refractivity (Wildman–Crippen MR) is 152 cm³/mol. The van der Waals surface area contributed by atoms with E-state index in [0.29, 0.717) is 36.9 Å². The summed E-state index contributed by atoms with van der Waals surface area (Å²) in [5.41, 5.74) is 2.17. The summed E-state index contributed by atoms with van der Waals surface area (Å²) in [6.45, 7) is 2.44. The molecule has 0 spiro atoms. The molecule has 2 aromatic carbocycles. The van der Waals surface area contributed by atoms with Crippen molar-refractivity contribution in [3.05, 3.63) is 42.6 Å². The lowest BCUT2D eigenvalue weighted by atomic mass is 10.0. The van der Waals surface area contributed by atoms with Crippen LogP contribution in [-0.2, 0) is 0 Å². The molecule has 2 saturated heterocycles. The second-order valence-electron chi connectivity index (χ2n) is 10.5. The second kappa shape index (κ2) is 11.1. The second-order valence-corrected chi connectivity index (χ2v) is 10.5. The van der Waals surface area contributed by atoms with Gasteiger partial charge < -0.3 is 29.3 Å². The van der Waals surface area contributed by atoms with Crippen molar-refractivity contribution in [2.75, 3.05) is 51.8 Å².